The highest BCUT2D eigenvalue weighted by atomic mass is 16.5. The Bertz CT molecular complexity index is 1060. The summed E-state index contributed by atoms with van der Waals surface area (Å²) in [7, 11) is 3.78. The molecule has 6 nitrogen and oxygen atoms in total. The topological polar surface area (TPSA) is 69.0 Å². The molecule has 0 amide bonds. The number of nitrogens with zero attached hydrogens (tertiary/aromatic N) is 1. The number of ketones is 1. The van der Waals surface area contributed by atoms with Crippen molar-refractivity contribution < 1.29 is 23.5 Å². The maximum atomic E-state index is 13.8. The number of benzene rings is 1. The first-order valence-electron chi connectivity index (χ1n) is 12.0. The largest absolute Gasteiger partial charge is 0.497 e. The van der Waals surface area contributed by atoms with Gasteiger partial charge in [-0.15, -0.1) is 0 Å². The Kier molecular flexibility index (Phi) is 5.39. The zero-order chi connectivity index (χ0) is 23.4. The first-order valence-corrected chi connectivity index (χ1v) is 12.0. The third-order valence-electron chi connectivity index (χ3n) is 8.70. The lowest BCUT2D eigenvalue weighted by Gasteiger charge is -2.66. The number of hydrogen-bond acceptors (Lipinski definition) is 6. The van der Waals surface area contributed by atoms with Gasteiger partial charge < -0.3 is 13.9 Å². The van der Waals surface area contributed by atoms with Crippen LogP contribution in [0.1, 0.15) is 50.0 Å². The third-order valence-corrected chi connectivity index (χ3v) is 8.70. The number of carbonyl (C=O) groups is 2. The molecule has 2 aliphatic carbocycles. The lowest BCUT2D eigenvalue weighted by molar-refractivity contribution is -0.188. The van der Waals surface area contributed by atoms with Gasteiger partial charge in [-0.3, -0.25) is 14.5 Å². The summed E-state index contributed by atoms with van der Waals surface area (Å²) in [6.45, 7) is 4.39. The minimum Gasteiger partial charge on any atom is -0.497 e. The predicted octanol–water partition coefficient (Wildman–Crippen LogP) is 3.95. The monoisotopic (exact) mass is 451 g/mol. The molecule has 2 aromatic rings. The number of ether oxygens (including phenoxy) is 2. The number of Topliss-reactive ketones (excluding diaryl/α,β-unsaturated/α-hetero) is 1. The van der Waals surface area contributed by atoms with Crippen molar-refractivity contribution in [2.75, 3.05) is 20.8 Å². The van der Waals surface area contributed by atoms with E-state index in [1.807, 2.05) is 25.1 Å². The third kappa shape index (κ3) is 3.17. The molecule has 1 aromatic heterocycles. The maximum absolute atomic E-state index is 13.8. The molecule has 0 radical (unpaired) electrons. The summed E-state index contributed by atoms with van der Waals surface area (Å²) in [6, 6.07) is 10.2. The average Bonchev–Trinajstić information content (AvgIpc) is 3.33. The number of rotatable bonds is 7. The lowest BCUT2D eigenvalue weighted by Crippen LogP contribution is -2.74. The van der Waals surface area contributed by atoms with Gasteiger partial charge in [0.05, 0.1) is 20.0 Å². The van der Waals surface area contributed by atoms with Crippen molar-refractivity contribution in [2.45, 2.75) is 63.5 Å². The molecule has 6 heteroatoms. The van der Waals surface area contributed by atoms with Crippen LogP contribution in [0, 0.1) is 11.3 Å². The molecule has 1 saturated carbocycles. The number of hydrogen-bond donors (Lipinski definition) is 0. The molecule has 3 fully saturated rings. The van der Waals surface area contributed by atoms with E-state index in [1.54, 1.807) is 13.4 Å². The van der Waals surface area contributed by atoms with Gasteiger partial charge in [-0.2, -0.15) is 0 Å². The summed E-state index contributed by atoms with van der Waals surface area (Å²) in [4.78, 5) is 29.7. The molecule has 5 atom stereocenters. The van der Waals surface area contributed by atoms with E-state index in [0.717, 1.165) is 24.4 Å². The molecular weight excluding hydrogens is 418 g/mol. The zero-order valence-corrected chi connectivity index (χ0v) is 19.9. The van der Waals surface area contributed by atoms with Crippen LogP contribution in [0.5, 0.6) is 5.75 Å². The normalized spacial score (nSPS) is 32.3. The van der Waals surface area contributed by atoms with Crippen LogP contribution < -0.4 is 4.74 Å². The van der Waals surface area contributed by atoms with E-state index in [0.29, 0.717) is 18.9 Å². The Morgan fingerprint density at radius 1 is 1.24 bits per heavy atom. The van der Waals surface area contributed by atoms with E-state index < -0.39 is 5.41 Å². The summed E-state index contributed by atoms with van der Waals surface area (Å²) in [5.41, 5.74) is 1.41. The number of furan rings is 1. The van der Waals surface area contributed by atoms with Gasteiger partial charge in [0.15, 0.2) is 5.78 Å². The van der Waals surface area contributed by atoms with Crippen LogP contribution in [0.3, 0.4) is 0 Å². The second-order valence-corrected chi connectivity index (χ2v) is 10.1. The summed E-state index contributed by atoms with van der Waals surface area (Å²) in [6.07, 6.45) is 4.59. The zero-order valence-electron chi connectivity index (χ0n) is 19.9. The molecule has 2 aliphatic heterocycles. The molecule has 4 unspecified atom stereocenters. The SMILES string of the molecule is CCOC(=O)C1(C(=O)CCc2ccco2)CC2C3Cc4ccc(OC)cc4[C@]2(C)CC1N3C. The average molecular weight is 452 g/mol. The van der Waals surface area contributed by atoms with Crippen LogP contribution in [0.2, 0.25) is 0 Å². The van der Waals surface area contributed by atoms with Crippen molar-refractivity contribution in [1.29, 1.82) is 0 Å². The van der Waals surface area contributed by atoms with Crippen LogP contribution in [0.15, 0.2) is 41.0 Å². The van der Waals surface area contributed by atoms with Crippen molar-refractivity contribution in [3.05, 3.63) is 53.5 Å². The Balaban J connectivity index is 1.54. The van der Waals surface area contributed by atoms with Gasteiger partial charge in [-0.05, 0) is 80.0 Å². The number of likely N-dealkylation sites (N-methyl/N-ethyl adjacent to an activating group) is 1. The molecule has 3 heterocycles. The molecule has 0 spiro atoms. The number of esters is 1. The minimum absolute atomic E-state index is 0.0221. The molecule has 176 valence electrons. The van der Waals surface area contributed by atoms with E-state index >= 15 is 0 Å². The molecule has 1 aromatic carbocycles. The summed E-state index contributed by atoms with van der Waals surface area (Å²) in [5, 5.41) is 0. The van der Waals surface area contributed by atoms with Gasteiger partial charge in [0, 0.05) is 24.9 Å². The van der Waals surface area contributed by atoms with Crippen LogP contribution in [0.4, 0.5) is 0 Å². The number of aryl methyl sites for hydroxylation is 1. The highest BCUT2D eigenvalue weighted by Gasteiger charge is 2.69. The van der Waals surface area contributed by atoms with Crippen LogP contribution in [-0.2, 0) is 32.6 Å². The molecule has 6 rings (SSSR count). The number of piperidine rings is 2. The van der Waals surface area contributed by atoms with Crippen LogP contribution >= 0.6 is 0 Å². The van der Waals surface area contributed by atoms with Crippen molar-refractivity contribution in [2.24, 2.45) is 11.3 Å². The fourth-order valence-electron chi connectivity index (χ4n) is 7.02. The van der Waals surface area contributed by atoms with E-state index in [1.165, 1.54) is 11.1 Å². The second-order valence-electron chi connectivity index (χ2n) is 10.1. The first-order chi connectivity index (χ1) is 15.8. The van der Waals surface area contributed by atoms with Gasteiger partial charge in [0.2, 0.25) is 0 Å². The molecule has 4 bridgehead atoms. The summed E-state index contributed by atoms with van der Waals surface area (Å²) in [5.74, 6) is 1.43. The predicted molar refractivity (Wildman–Crippen MR) is 123 cm³/mol. The second kappa shape index (κ2) is 8.01. The van der Waals surface area contributed by atoms with Crippen molar-refractivity contribution in [3.8, 4) is 5.75 Å². The van der Waals surface area contributed by atoms with Gasteiger partial charge in [-0.25, -0.2) is 0 Å². The van der Waals surface area contributed by atoms with E-state index in [4.69, 9.17) is 13.9 Å². The summed E-state index contributed by atoms with van der Waals surface area (Å²) < 4.78 is 16.6. The van der Waals surface area contributed by atoms with Gasteiger partial charge in [-0.1, -0.05) is 13.0 Å². The summed E-state index contributed by atoms with van der Waals surface area (Å²) >= 11 is 0. The minimum atomic E-state index is -1.13. The number of carbonyl (C=O) groups excluding carboxylic acids is 2. The molecular formula is C27H33NO5. The number of methoxy groups -OCH3 is 1. The fraction of sp³-hybridized carbons (Fsp3) is 0.556. The van der Waals surface area contributed by atoms with Gasteiger partial charge in [0.25, 0.3) is 0 Å². The molecule has 0 N–H and O–H groups in total. The van der Waals surface area contributed by atoms with Gasteiger partial charge >= 0.3 is 5.97 Å². The fourth-order valence-corrected chi connectivity index (χ4v) is 7.02. The Morgan fingerprint density at radius 3 is 2.76 bits per heavy atom. The Hall–Kier alpha value is -2.60. The lowest BCUT2D eigenvalue weighted by atomic mass is 9.45. The molecule has 33 heavy (non-hydrogen) atoms. The standard InChI is InChI=1S/C27H33NO5/c1-5-32-25(30)27(24(29)11-10-18-7-6-12-33-18)15-21-22-13-17-8-9-19(31-4)14-20(17)26(21,2)16-23(27)28(22)3/h6-9,12,14,21-23H,5,10-11,13,15-16H2,1-4H3/t21?,22?,23?,26-,27?/m0/s1. The van der Waals surface area contributed by atoms with Crippen molar-refractivity contribution in [3.63, 3.8) is 0 Å². The van der Waals surface area contributed by atoms with Crippen LogP contribution in [-0.4, -0.2) is 49.5 Å². The van der Waals surface area contributed by atoms with E-state index in [2.05, 4.69) is 31.0 Å². The van der Waals surface area contributed by atoms with E-state index in [-0.39, 0.29) is 42.2 Å². The Morgan fingerprint density at radius 2 is 2.06 bits per heavy atom. The number of fused-ring (bicyclic) bond motifs is 2. The highest BCUT2D eigenvalue weighted by molar-refractivity contribution is 6.05. The molecule has 2 saturated heterocycles. The highest BCUT2D eigenvalue weighted by Crippen LogP contribution is 2.62. The Labute approximate surface area is 195 Å². The van der Waals surface area contributed by atoms with Gasteiger partial charge in [0.1, 0.15) is 16.9 Å². The van der Waals surface area contributed by atoms with Crippen molar-refractivity contribution in [1.82, 2.24) is 4.90 Å². The van der Waals surface area contributed by atoms with Crippen molar-refractivity contribution >= 4 is 11.8 Å². The first kappa shape index (κ1) is 22.2. The maximum Gasteiger partial charge on any atom is 0.321 e. The van der Waals surface area contributed by atoms with E-state index in [9.17, 15) is 9.59 Å². The smallest absolute Gasteiger partial charge is 0.321 e. The van der Waals surface area contributed by atoms with Crippen LogP contribution in [0.25, 0.3) is 0 Å². The molecule has 4 aliphatic rings. The quantitative estimate of drug-likeness (QED) is 0.469.